The minimum Gasteiger partial charge on any atom is -0.462 e. The quantitative estimate of drug-likeness (QED) is 0.803. The van der Waals surface area contributed by atoms with Crippen LogP contribution >= 0.6 is 0 Å². The highest BCUT2D eigenvalue weighted by molar-refractivity contribution is 5.81. The van der Waals surface area contributed by atoms with Crippen molar-refractivity contribution in [2.45, 2.75) is 76.3 Å². The van der Waals surface area contributed by atoms with E-state index < -0.39 is 0 Å². The normalized spacial score (nSPS) is 24.2. The van der Waals surface area contributed by atoms with Crippen LogP contribution < -0.4 is 0 Å². The summed E-state index contributed by atoms with van der Waals surface area (Å²) in [5, 5.41) is 9.14. The average molecular weight is 337 g/mol. The van der Waals surface area contributed by atoms with Gasteiger partial charge in [-0.2, -0.15) is 10.3 Å². The number of amidine groups is 1. The predicted molar refractivity (Wildman–Crippen MR) is 98.9 cm³/mol. The Labute approximate surface area is 150 Å². The van der Waals surface area contributed by atoms with Crippen LogP contribution in [0, 0.1) is 11.3 Å². The van der Waals surface area contributed by atoms with Crippen molar-refractivity contribution in [3.8, 4) is 6.07 Å². The molecule has 1 aromatic rings. The van der Waals surface area contributed by atoms with Gasteiger partial charge in [0.15, 0.2) is 0 Å². The first-order valence-electron chi connectivity index (χ1n) is 9.79. The molecule has 2 aliphatic carbocycles. The summed E-state index contributed by atoms with van der Waals surface area (Å²) in [6.45, 7) is 2.91. The van der Waals surface area contributed by atoms with Gasteiger partial charge in [-0.25, -0.2) is 0 Å². The monoisotopic (exact) mass is 337 g/mol. The van der Waals surface area contributed by atoms with Crippen molar-refractivity contribution >= 4 is 11.7 Å². The lowest BCUT2D eigenvalue weighted by molar-refractivity contribution is 0.148. The van der Waals surface area contributed by atoms with Crippen LogP contribution in [0.5, 0.6) is 0 Å². The Hall–Kier alpha value is -2.02. The largest absolute Gasteiger partial charge is 0.462 e. The highest BCUT2D eigenvalue weighted by Crippen LogP contribution is 2.44. The molecule has 3 fully saturated rings. The molecule has 132 valence electrons. The van der Waals surface area contributed by atoms with Crippen molar-refractivity contribution < 1.29 is 4.74 Å². The Kier molecular flexibility index (Phi) is 4.41. The maximum Gasteiger partial charge on any atom is 0.293 e. The van der Waals surface area contributed by atoms with E-state index >= 15 is 0 Å². The van der Waals surface area contributed by atoms with E-state index in [-0.39, 0.29) is 5.54 Å². The minimum absolute atomic E-state index is 0.187. The summed E-state index contributed by atoms with van der Waals surface area (Å²) in [5.74, 6) is 0. The Balaban J connectivity index is 1.71. The third-order valence-corrected chi connectivity index (χ3v) is 6.22. The first-order valence-corrected chi connectivity index (χ1v) is 9.79. The van der Waals surface area contributed by atoms with Crippen molar-refractivity contribution in [3.63, 3.8) is 0 Å². The van der Waals surface area contributed by atoms with Crippen LogP contribution in [0.4, 0.5) is 5.69 Å². The molecule has 1 aliphatic heterocycles. The van der Waals surface area contributed by atoms with Crippen LogP contribution in [0.15, 0.2) is 23.2 Å². The summed E-state index contributed by atoms with van der Waals surface area (Å²) >= 11 is 0. The zero-order valence-corrected chi connectivity index (χ0v) is 15.1. The van der Waals surface area contributed by atoms with Gasteiger partial charge >= 0.3 is 0 Å². The van der Waals surface area contributed by atoms with Gasteiger partial charge in [0.1, 0.15) is 6.61 Å². The summed E-state index contributed by atoms with van der Waals surface area (Å²) in [5.41, 5.74) is 2.96. The Morgan fingerprint density at radius 2 is 2.00 bits per heavy atom. The van der Waals surface area contributed by atoms with Crippen LogP contribution in [0.2, 0.25) is 0 Å². The van der Waals surface area contributed by atoms with Gasteiger partial charge < -0.3 is 9.64 Å². The smallest absolute Gasteiger partial charge is 0.293 e. The molecule has 4 rings (SSSR count). The van der Waals surface area contributed by atoms with Crippen LogP contribution in [0.3, 0.4) is 0 Å². The fourth-order valence-electron chi connectivity index (χ4n) is 4.90. The zero-order valence-electron chi connectivity index (χ0n) is 15.1. The Morgan fingerprint density at radius 3 is 2.68 bits per heavy atom. The van der Waals surface area contributed by atoms with Crippen molar-refractivity contribution in [1.82, 2.24) is 4.90 Å². The molecule has 1 aromatic carbocycles. The molecule has 4 heteroatoms. The molecule has 1 saturated heterocycles. The number of aryl methyl sites for hydroxylation is 1. The van der Waals surface area contributed by atoms with E-state index in [9.17, 15) is 0 Å². The number of benzene rings is 1. The second-order valence-electron chi connectivity index (χ2n) is 7.73. The van der Waals surface area contributed by atoms with Gasteiger partial charge in [-0.1, -0.05) is 32.6 Å². The Morgan fingerprint density at radius 1 is 1.24 bits per heavy atom. The second-order valence-corrected chi connectivity index (χ2v) is 7.73. The summed E-state index contributed by atoms with van der Waals surface area (Å²) < 4.78 is 6.19. The lowest BCUT2D eigenvalue weighted by Gasteiger charge is -2.37. The van der Waals surface area contributed by atoms with Gasteiger partial charge in [-0.15, -0.1) is 0 Å². The van der Waals surface area contributed by atoms with Crippen LogP contribution in [0.25, 0.3) is 0 Å². The van der Waals surface area contributed by atoms with Gasteiger partial charge in [0.05, 0.1) is 22.9 Å². The molecule has 0 aromatic heterocycles. The van der Waals surface area contributed by atoms with Crippen LogP contribution in [0.1, 0.15) is 69.4 Å². The van der Waals surface area contributed by atoms with E-state index in [1.54, 1.807) is 0 Å². The van der Waals surface area contributed by atoms with Gasteiger partial charge in [0, 0.05) is 6.04 Å². The van der Waals surface area contributed by atoms with Gasteiger partial charge in [-0.05, 0) is 55.9 Å². The SMILES string of the molecule is CCc1cc(C#N)ccc1/N=C1/OCC2(CCCC2)N1C1CCCC1. The summed E-state index contributed by atoms with van der Waals surface area (Å²) in [7, 11) is 0. The molecule has 0 unspecified atom stereocenters. The van der Waals surface area contributed by atoms with Crippen molar-refractivity contribution in [3.05, 3.63) is 29.3 Å². The summed E-state index contributed by atoms with van der Waals surface area (Å²) in [4.78, 5) is 7.52. The molecule has 0 atom stereocenters. The molecule has 4 nitrogen and oxygen atoms in total. The number of aliphatic imine (C=N–C) groups is 1. The molecule has 3 aliphatic rings. The lowest BCUT2D eigenvalue weighted by Crippen LogP contribution is -2.50. The number of ether oxygens (including phenoxy) is 1. The van der Waals surface area contributed by atoms with E-state index in [0.29, 0.717) is 11.6 Å². The van der Waals surface area contributed by atoms with Crippen molar-refractivity contribution in [2.24, 2.45) is 4.99 Å². The molecule has 1 spiro atoms. The van der Waals surface area contributed by atoms with Crippen molar-refractivity contribution in [1.29, 1.82) is 5.26 Å². The molecule has 25 heavy (non-hydrogen) atoms. The number of nitriles is 1. The molecular formula is C21H27N3O. The predicted octanol–water partition coefficient (Wildman–Crippen LogP) is 4.70. The summed E-state index contributed by atoms with van der Waals surface area (Å²) in [6, 6.07) is 9.43. The maximum atomic E-state index is 9.14. The van der Waals surface area contributed by atoms with E-state index in [1.165, 1.54) is 51.4 Å². The van der Waals surface area contributed by atoms with Crippen LogP contribution in [-0.2, 0) is 11.2 Å². The molecule has 2 saturated carbocycles. The zero-order chi connectivity index (χ0) is 17.3. The molecule has 1 heterocycles. The van der Waals surface area contributed by atoms with E-state index in [2.05, 4.69) is 17.9 Å². The number of hydrogen-bond acceptors (Lipinski definition) is 3. The van der Waals surface area contributed by atoms with E-state index in [1.807, 2.05) is 18.2 Å². The average Bonchev–Trinajstić information content (AvgIpc) is 3.38. The topological polar surface area (TPSA) is 48.6 Å². The highest BCUT2D eigenvalue weighted by Gasteiger charge is 2.50. The molecule has 0 amide bonds. The fraction of sp³-hybridized carbons (Fsp3) is 0.619. The summed E-state index contributed by atoms with van der Waals surface area (Å²) in [6.07, 6.45) is 11.1. The molecule has 0 N–H and O–H groups in total. The number of hydrogen-bond donors (Lipinski definition) is 0. The molecule has 0 bridgehead atoms. The first kappa shape index (κ1) is 16.4. The fourth-order valence-corrected chi connectivity index (χ4v) is 4.90. The third-order valence-electron chi connectivity index (χ3n) is 6.22. The Bertz CT molecular complexity index is 706. The molecule has 0 radical (unpaired) electrons. The van der Waals surface area contributed by atoms with Crippen LogP contribution in [-0.4, -0.2) is 29.1 Å². The molecular weight excluding hydrogens is 310 g/mol. The first-order chi connectivity index (χ1) is 12.3. The van der Waals surface area contributed by atoms with E-state index in [4.69, 9.17) is 15.0 Å². The van der Waals surface area contributed by atoms with Gasteiger partial charge in [0.25, 0.3) is 6.02 Å². The number of rotatable bonds is 3. The number of nitrogens with zero attached hydrogens (tertiary/aromatic N) is 3. The second kappa shape index (κ2) is 6.71. The van der Waals surface area contributed by atoms with E-state index in [0.717, 1.165) is 30.3 Å². The van der Waals surface area contributed by atoms with Gasteiger partial charge in [-0.3, -0.25) is 0 Å². The minimum atomic E-state index is 0.187. The maximum absolute atomic E-state index is 9.14. The van der Waals surface area contributed by atoms with Gasteiger partial charge in [0.2, 0.25) is 0 Å². The highest BCUT2D eigenvalue weighted by atomic mass is 16.5. The third kappa shape index (κ3) is 2.90. The lowest BCUT2D eigenvalue weighted by atomic mass is 9.95. The standard InChI is InChI=1S/C21H27N3O/c1-2-17-13-16(14-22)9-10-19(17)23-20-24(18-7-3-4-8-18)21(15-25-20)11-5-6-12-21/h9-10,13,18H,2-8,11-12,15H2,1H3/b23-20+. The van der Waals surface area contributed by atoms with Crippen molar-refractivity contribution in [2.75, 3.05) is 6.61 Å².